The van der Waals surface area contributed by atoms with E-state index in [-0.39, 0.29) is 5.97 Å². The molecule has 0 unspecified atom stereocenters. The maximum atomic E-state index is 11.8. The van der Waals surface area contributed by atoms with E-state index in [0.717, 1.165) is 22.0 Å². The molecule has 1 rings (SSSR count). The molecule has 0 aliphatic rings. The van der Waals surface area contributed by atoms with Gasteiger partial charge in [0.2, 0.25) is 0 Å². The van der Waals surface area contributed by atoms with E-state index in [1.807, 2.05) is 32.9 Å². The van der Waals surface area contributed by atoms with Crippen molar-refractivity contribution in [2.75, 3.05) is 13.2 Å². The zero-order chi connectivity index (χ0) is 17.5. The van der Waals surface area contributed by atoms with E-state index >= 15 is 0 Å². The topological polar surface area (TPSA) is 64.6 Å². The molecule has 23 heavy (non-hydrogen) atoms. The molecule has 0 bridgehead atoms. The van der Waals surface area contributed by atoms with E-state index in [2.05, 4.69) is 27.9 Å². The molecule has 6 heteroatoms. The molecular formula is C17H24INO4. The predicted molar refractivity (Wildman–Crippen MR) is 97.7 cm³/mol. The van der Waals surface area contributed by atoms with Crippen LogP contribution in [0.3, 0.4) is 0 Å². The van der Waals surface area contributed by atoms with Gasteiger partial charge in [-0.1, -0.05) is 0 Å². The number of nitrogens with one attached hydrogen (secondary N) is 1. The molecule has 0 fully saturated rings. The molecule has 0 aliphatic carbocycles. The molecular weight excluding hydrogens is 409 g/mol. The van der Waals surface area contributed by atoms with Gasteiger partial charge in [0, 0.05) is 10.1 Å². The van der Waals surface area contributed by atoms with Gasteiger partial charge >= 0.3 is 12.1 Å². The van der Waals surface area contributed by atoms with Crippen LogP contribution in [-0.2, 0) is 15.9 Å². The third-order valence-corrected chi connectivity index (χ3v) is 3.90. The van der Waals surface area contributed by atoms with Gasteiger partial charge in [-0.3, -0.25) is 0 Å². The van der Waals surface area contributed by atoms with Gasteiger partial charge in [-0.25, -0.2) is 9.59 Å². The molecule has 0 heterocycles. The number of alkyl carbamates (subject to hydrolysis) is 1. The summed E-state index contributed by atoms with van der Waals surface area (Å²) >= 11 is 2.24. The van der Waals surface area contributed by atoms with Crippen molar-refractivity contribution in [3.05, 3.63) is 32.9 Å². The first-order valence-electron chi connectivity index (χ1n) is 7.65. The third-order valence-electron chi connectivity index (χ3n) is 2.85. The Labute approximate surface area is 151 Å². The normalized spacial score (nSPS) is 11.0. The Bertz CT molecular complexity index is 552. The van der Waals surface area contributed by atoms with Crippen LogP contribution in [-0.4, -0.2) is 30.8 Å². The minimum atomic E-state index is -0.493. The van der Waals surface area contributed by atoms with Crippen molar-refractivity contribution in [1.29, 1.82) is 0 Å². The lowest BCUT2D eigenvalue weighted by molar-refractivity contribution is 0.0517. The number of hydrogen-bond donors (Lipinski definition) is 1. The van der Waals surface area contributed by atoms with Crippen molar-refractivity contribution >= 4 is 34.7 Å². The zero-order valence-electron chi connectivity index (χ0n) is 14.1. The Morgan fingerprint density at radius 2 is 1.96 bits per heavy atom. The van der Waals surface area contributed by atoms with Crippen molar-refractivity contribution in [3.8, 4) is 0 Å². The lowest BCUT2D eigenvalue weighted by Crippen LogP contribution is -2.33. The van der Waals surface area contributed by atoms with Crippen molar-refractivity contribution in [3.63, 3.8) is 0 Å². The van der Waals surface area contributed by atoms with Crippen LogP contribution < -0.4 is 5.32 Å². The predicted octanol–water partition coefficient (Wildman–Crippen LogP) is 3.93. The van der Waals surface area contributed by atoms with E-state index in [1.54, 1.807) is 13.0 Å². The Hall–Kier alpha value is -1.31. The number of esters is 1. The lowest BCUT2D eigenvalue weighted by Gasteiger charge is -2.19. The highest BCUT2D eigenvalue weighted by molar-refractivity contribution is 14.1. The van der Waals surface area contributed by atoms with Gasteiger partial charge in [0.1, 0.15) is 5.60 Å². The van der Waals surface area contributed by atoms with E-state index in [4.69, 9.17) is 9.47 Å². The monoisotopic (exact) mass is 433 g/mol. The summed E-state index contributed by atoms with van der Waals surface area (Å²) in [5.74, 6) is -0.308. The molecule has 1 aromatic rings. The number of hydrogen-bond acceptors (Lipinski definition) is 4. The summed E-state index contributed by atoms with van der Waals surface area (Å²) in [5, 5.41) is 2.73. The first kappa shape index (κ1) is 19.7. The number of carbonyl (C=O) groups excluding carboxylic acids is 2. The quantitative estimate of drug-likeness (QED) is 0.420. The number of aryl methyl sites for hydroxylation is 1. The molecule has 1 aromatic carbocycles. The van der Waals surface area contributed by atoms with Crippen molar-refractivity contribution in [1.82, 2.24) is 5.32 Å². The Morgan fingerprint density at radius 1 is 1.26 bits per heavy atom. The highest BCUT2D eigenvalue weighted by Crippen LogP contribution is 2.17. The molecule has 0 radical (unpaired) electrons. The summed E-state index contributed by atoms with van der Waals surface area (Å²) in [6.45, 7) is 8.16. The van der Waals surface area contributed by atoms with E-state index in [1.165, 1.54) is 0 Å². The second kappa shape index (κ2) is 9.10. The number of ether oxygens (including phenoxy) is 2. The van der Waals surface area contributed by atoms with Gasteiger partial charge in [0.25, 0.3) is 0 Å². The largest absolute Gasteiger partial charge is 0.462 e. The van der Waals surface area contributed by atoms with Crippen molar-refractivity contribution in [2.45, 2.75) is 46.1 Å². The van der Waals surface area contributed by atoms with Crippen LogP contribution in [0.1, 0.15) is 50.0 Å². The highest BCUT2D eigenvalue weighted by Gasteiger charge is 2.15. The fraction of sp³-hybridized carbons (Fsp3) is 0.529. The number of rotatable bonds is 6. The summed E-state index contributed by atoms with van der Waals surface area (Å²) in [7, 11) is 0. The molecule has 0 aromatic heterocycles. The number of benzene rings is 1. The molecule has 0 aliphatic heterocycles. The van der Waals surface area contributed by atoms with Crippen molar-refractivity contribution in [2.24, 2.45) is 0 Å². The van der Waals surface area contributed by atoms with E-state index in [0.29, 0.717) is 18.7 Å². The van der Waals surface area contributed by atoms with E-state index in [9.17, 15) is 9.59 Å². The zero-order valence-corrected chi connectivity index (χ0v) is 16.2. The summed E-state index contributed by atoms with van der Waals surface area (Å²) in [5.41, 5.74) is 1.14. The van der Waals surface area contributed by atoms with Crippen LogP contribution in [0, 0.1) is 3.57 Å². The number of carbonyl (C=O) groups is 2. The van der Waals surface area contributed by atoms with Gasteiger partial charge in [-0.15, -0.1) is 0 Å². The minimum Gasteiger partial charge on any atom is -0.462 e. The molecule has 0 spiro atoms. The maximum absolute atomic E-state index is 11.8. The summed E-state index contributed by atoms with van der Waals surface area (Å²) in [6.07, 6.45) is 1.12. The Balaban J connectivity index is 2.50. The van der Waals surface area contributed by atoms with Crippen LogP contribution in [0.5, 0.6) is 0 Å². The van der Waals surface area contributed by atoms with Gasteiger partial charge in [0.05, 0.1) is 12.2 Å². The smallest absolute Gasteiger partial charge is 0.407 e. The average molecular weight is 433 g/mol. The first-order chi connectivity index (χ1) is 10.7. The number of halogens is 1. The fourth-order valence-electron chi connectivity index (χ4n) is 1.89. The average Bonchev–Trinajstić information content (AvgIpc) is 2.43. The van der Waals surface area contributed by atoms with Crippen LogP contribution in [0.25, 0.3) is 0 Å². The Kier molecular flexibility index (Phi) is 7.81. The standard InChI is InChI=1S/C17H24INO4/c1-5-22-15(20)13-8-9-14(18)12(11-13)7-6-10-19-16(21)23-17(2,3)4/h8-9,11H,5-7,10H2,1-4H3,(H,19,21). The SMILES string of the molecule is CCOC(=O)c1ccc(I)c(CCCNC(=O)OC(C)(C)C)c1. The second-order valence-corrected chi connectivity index (χ2v) is 7.22. The molecule has 1 amide bonds. The van der Waals surface area contributed by atoms with Gasteiger partial charge in [0.15, 0.2) is 0 Å². The molecule has 128 valence electrons. The number of amides is 1. The summed E-state index contributed by atoms with van der Waals surface area (Å²) in [6, 6.07) is 5.53. The van der Waals surface area contributed by atoms with E-state index < -0.39 is 11.7 Å². The van der Waals surface area contributed by atoms with Crippen LogP contribution in [0.15, 0.2) is 18.2 Å². The van der Waals surface area contributed by atoms with Crippen molar-refractivity contribution < 1.29 is 19.1 Å². The molecule has 1 N–H and O–H groups in total. The molecule has 5 nitrogen and oxygen atoms in total. The lowest BCUT2D eigenvalue weighted by atomic mass is 10.1. The third kappa shape index (κ3) is 7.67. The van der Waals surface area contributed by atoms with Gasteiger partial charge in [-0.05, 0) is 86.9 Å². The molecule has 0 saturated carbocycles. The highest BCUT2D eigenvalue weighted by atomic mass is 127. The Morgan fingerprint density at radius 3 is 2.57 bits per heavy atom. The van der Waals surface area contributed by atoms with Crippen LogP contribution >= 0.6 is 22.6 Å². The fourth-order valence-corrected chi connectivity index (χ4v) is 2.50. The maximum Gasteiger partial charge on any atom is 0.407 e. The van der Waals surface area contributed by atoms with Gasteiger partial charge < -0.3 is 14.8 Å². The summed E-state index contributed by atoms with van der Waals surface area (Å²) in [4.78, 5) is 23.3. The molecule has 0 saturated heterocycles. The van der Waals surface area contributed by atoms with Crippen LogP contribution in [0.4, 0.5) is 4.79 Å². The molecule has 0 atom stereocenters. The van der Waals surface area contributed by atoms with Gasteiger partial charge in [-0.2, -0.15) is 0 Å². The van der Waals surface area contributed by atoms with Crippen LogP contribution in [0.2, 0.25) is 0 Å². The minimum absolute atomic E-state index is 0.308. The summed E-state index contributed by atoms with van der Waals surface area (Å²) < 4.78 is 11.3. The first-order valence-corrected chi connectivity index (χ1v) is 8.73. The second-order valence-electron chi connectivity index (χ2n) is 6.06.